The van der Waals surface area contributed by atoms with Crippen LogP contribution in [0.1, 0.15) is 29.5 Å². The van der Waals surface area contributed by atoms with Gasteiger partial charge in [-0.3, -0.25) is 14.4 Å². The second-order valence-corrected chi connectivity index (χ2v) is 12.3. The van der Waals surface area contributed by atoms with Gasteiger partial charge in [-0.1, -0.05) is 48.5 Å². The number of thioether (sulfide) groups is 1. The fourth-order valence-electron chi connectivity index (χ4n) is 6.78. The Balaban J connectivity index is 1.63. The quantitative estimate of drug-likeness (QED) is 0.477. The summed E-state index contributed by atoms with van der Waals surface area (Å²) >= 11 is 1.50. The number of carboxylic acid groups (broad SMARTS) is 1. The molecule has 1 spiro atoms. The number of hydrogen-bond donors (Lipinski definition) is 2. The summed E-state index contributed by atoms with van der Waals surface area (Å²) in [6, 6.07) is 13.9. The fraction of sp³-hybridized carbons (Fsp3) is 0.433. The molecule has 3 saturated heterocycles. The molecule has 2 bridgehead atoms. The number of anilines is 1. The minimum absolute atomic E-state index is 0.200. The van der Waals surface area contributed by atoms with E-state index >= 15 is 0 Å². The van der Waals surface area contributed by atoms with Gasteiger partial charge in [0.25, 0.3) is 5.91 Å². The van der Waals surface area contributed by atoms with Crippen molar-refractivity contribution in [1.29, 1.82) is 0 Å². The molecule has 2 N–H and O–H groups in total. The molecule has 8 heteroatoms. The van der Waals surface area contributed by atoms with Crippen molar-refractivity contribution in [2.24, 2.45) is 11.8 Å². The molecule has 3 aliphatic heterocycles. The first-order valence-electron chi connectivity index (χ1n) is 13.1. The van der Waals surface area contributed by atoms with Gasteiger partial charge in [-0.25, -0.2) is 0 Å². The number of aliphatic hydroxyl groups excluding tert-OH is 1. The maximum atomic E-state index is 14.7. The molecule has 0 aromatic heterocycles. The first-order valence-corrected chi connectivity index (χ1v) is 14.0. The number of rotatable bonds is 9. The third-order valence-corrected chi connectivity index (χ3v) is 10.4. The summed E-state index contributed by atoms with van der Waals surface area (Å²) in [5.74, 6) is -3.21. The molecular weight excluding hydrogens is 500 g/mol. The van der Waals surface area contributed by atoms with Crippen LogP contribution in [0.2, 0.25) is 0 Å². The summed E-state index contributed by atoms with van der Waals surface area (Å²) in [5.41, 5.74) is 3.61. The largest absolute Gasteiger partial charge is 0.481 e. The highest BCUT2D eigenvalue weighted by Crippen LogP contribution is 2.66. The van der Waals surface area contributed by atoms with Crippen LogP contribution < -0.4 is 4.90 Å². The van der Waals surface area contributed by atoms with Crippen LogP contribution in [-0.4, -0.2) is 68.1 Å². The molecule has 2 amide bonds. The Bertz CT molecular complexity index is 1270. The van der Waals surface area contributed by atoms with Gasteiger partial charge in [0, 0.05) is 17.5 Å². The fourth-order valence-corrected chi connectivity index (χ4v) is 8.97. The first kappa shape index (κ1) is 26.5. The molecule has 2 unspecified atom stereocenters. The summed E-state index contributed by atoms with van der Waals surface area (Å²) in [6.45, 7) is 7.71. The van der Waals surface area contributed by atoms with Gasteiger partial charge in [0.2, 0.25) is 5.91 Å². The maximum absolute atomic E-state index is 14.7. The zero-order valence-electron chi connectivity index (χ0n) is 21.7. The van der Waals surface area contributed by atoms with Crippen LogP contribution in [0.3, 0.4) is 0 Å². The summed E-state index contributed by atoms with van der Waals surface area (Å²) in [7, 11) is 0. The van der Waals surface area contributed by atoms with Crippen molar-refractivity contribution in [1.82, 2.24) is 4.90 Å². The number of carboxylic acids is 1. The van der Waals surface area contributed by atoms with Gasteiger partial charge in [0.05, 0.1) is 29.2 Å². The second kappa shape index (κ2) is 10.2. The standard InChI is InChI=1S/C30H34N2O5S/c1-4-14-31(22-15-18(2)10-11-19(22)3)28(35)26-30-13-12-23(38-30)24(29(36)37)25(30)27(34)32(26)21(17-33)16-20-8-6-5-7-9-20/h4-11,15,21,23-26,33H,1,12-14,16-17H2,2-3H3,(H,36,37)/t21-,23+,24-,25+,26?,30?/m1/s1. The van der Waals surface area contributed by atoms with Crippen LogP contribution in [0.15, 0.2) is 61.2 Å². The van der Waals surface area contributed by atoms with E-state index in [1.807, 2.05) is 62.4 Å². The number of nitrogens with zero attached hydrogens (tertiary/aromatic N) is 2. The number of hydrogen-bond acceptors (Lipinski definition) is 5. The SMILES string of the molecule is C=CCN(C(=O)C1N([C@@H](CO)Cc2ccccc2)C(=O)[C@@H]2[C@H](C(=O)O)[C@@H]3CCC12S3)c1cc(C)ccc1C. The van der Waals surface area contributed by atoms with Crippen molar-refractivity contribution < 1.29 is 24.6 Å². The molecule has 3 fully saturated rings. The summed E-state index contributed by atoms with van der Waals surface area (Å²) in [6.07, 6.45) is 3.28. The van der Waals surface area contributed by atoms with Gasteiger partial charge in [-0.05, 0) is 55.9 Å². The Hall–Kier alpha value is -3.10. The Labute approximate surface area is 227 Å². The monoisotopic (exact) mass is 534 g/mol. The van der Waals surface area contributed by atoms with E-state index in [1.165, 1.54) is 11.8 Å². The Morgan fingerprint density at radius 1 is 1.24 bits per heavy atom. The molecule has 3 aliphatic rings. The van der Waals surface area contributed by atoms with Crippen molar-refractivity contribution in [3.8, 4) is 0 Å². The normalized spacial score (nSPS) is 28.3. The van der Waals surface area contributed by atoms with E-state index in [9.17, 15) is 24.6 Å². The van der Waals surface area contributed by atoms with Crippen LogP contribution in [-0.2, 0) is 20.8 Å². The lowest BCUT2D eigenvalue weighted by Gasteiger charge is -2.40. The lowest BCUT2D eigenvalue weighted by molar-refractivity contribution is -0.149. The number of benzene rings is 2. The topological polar surface area (TPSA) is 98.2 Å². The molecule has 6 atom stereocenters. The number of carbonyl (C=O) groups excluding carboxylic acids is 2. The van der Waals surface area contributed by atoms with E-state index in [0.29, 0.717) is 19.3 Å². The van der Waals surface area contributed by atoms with Gasteiger partial charge in [-0.2, -0.15) is 0 Å². The molecule has 0 radical (unpaired) electrons. The number of likely N-dealkylation sites (tertiary alicyclic amines) is 1. The summed E-state index contributed by atoms with van der Waals surface area (Å²) in [5, 5.41) is 20.5. The Morgan fingerprint density at radius 2 is 1.97 bits per heavy atom. The number of aliphatic carboxylic acids is 1. The van der Waals surface area contributed by atoms with Crippen molar-refractivity contribution in [2.45, 2.75) is 55.2 Å². The van der Waals surface area contributed by atoms with Crippen LogP contribution in [0, 0.1) is 25.7 Å². The van der Waals surface area contributed by atoms with Crippen molar-refractivity contribution in [3.63, 3.8) is 0 Å². The number of fused-ring (bicyclic) bond motifs is 1. The molecule has 0 saturated carbocycles. The van der Waals surface area contributed by atoms with Crippen LogP contribution in [0.25, 0.3) is 0 Å². The lowest BCUT2D eigenvalue weighted by Crippen LogP contribution is -2.58. The van der Waals surface area contributed by atoms with Gasteiger partial charge in [0.15, 0.2) is 0 Å². The van der Waals surface area contributed by atoms with Crippen LogP contribution >= 0.6 is 11.8 Å². The van der Waals surface area contributed by atoms with E-state index in [1.54, 1.807) is 15.9 Å². The molecule has 3 heterocycles. The molecule has 38 heavy (non-hydrogen) atoms. The third kappa shape index (κ3) is 4.14. The Morgan fingerprint density at radius 3 is 2.63 bits per heavy atom. The molecular formula is C30H34N2O5S. The maximum Gasteiger partial charge on any atom is 0.308 e. The number of aliphatic hydroxyl groups is 1. The molecule has 5 rings (SSSR count). The van der Waals surface area contributed by atoms with Crippen molar-refractivity contribution in [3.05, 3.63) is 77.9 Å². The number of carbonyl (C=O) groups is 3. The van der Waals surface area contributed by atoms with Crippen molar-refractivity contribution in [2.75, 3.05) is 18.1 Å². The smallest absolute Gasteiger partial charge is 0.308 e. The molecule has 200 valence electrons. The predicted octanol–water partition coefficient (Wildman–Crippen LogP) is 3.60. The average Bonchev–Trinajstić information content (AvgIpc) is 3.55. The van der Waals surface area contributed by atoms with Gasteiger partial charge < -0.3 is 20.0 Å². The molecule has 2 aromatic carbocycles. The van der Waals surface area contributed by atoms with E-state index < -0.39 is 34.6 Å². The molecule has 0 aliphatic carbocycles. The predicted molar refractivity (Wildman–Crippen MR) is 148 cm³/mol. The van der Waals surface area contributed by atoms with Gasteiger partial charge >= 0.3 is 5.97 Å². The van der Waals surface area contributed by atoms with Crippen molar-refractivity contribution >= 4 is 35.2 Å². The Kier molecular flexibility index (Phi) is 7.13. The number of amides is 2. The lowest BCUT2D eigenvalue weighted by atomic mass is 9.71. The molecule has 2 aromatic rings. The summed E-state index contributed by atoms with van der Waals surface area (Å²) < 4.78 is -0.844. The zero-order chi connectivity index (χ0) is 27.2. The van der Waals surface area contributed by atoms with Crippen LogP contribution in [0.5, 0.6) is 0 Å². The zero-order valence-corrected chi connectivity index (χ0v) is 22.6. The van der Waals surface area contributed by atoms with E-state index in [-0.39, 0.29) is 30.2 Å². The minimum atomic E-state index is -0.989. The highest BCUT2D eigenvalue weighted by molar-refractivity contribution is 8.02. The van der Waals surface area contributed by atoms with Crippen LogP contribution in [0.4, 0.5) is 5.69 Å². The minimum Gasteiger partial charge on any atom is -0.481 e. The second-order valence-electron chi connectivity index (χ2n) is 10.7. The van der Waals surface area contributed by atoms with Gasteiger partial charge in [-0.15, -0.1) is 18.3 Å². The van der Waals surface area contributed by atoms with E-state index in [2.05, 4.69) is 6.58 Å². The van der Waals surface area contributed by atoms with E-state index in [4.69, 9.17) is 0 Å². The third-order valence-electron chi connectivity index (χ3n) is 8.41. The highest BCUT2D eigenvalue weighted by atomic mass is 32.2. The molecule has 7 nitrogen and oxygen atoms in total. The average molecular weight is 535 g/mol. The number of aryl methyl sites for hydroxylation is 2. The highest BCUT2D eigenvalue weighted by Gasteiger charge is 2.74. The van der Waals surface area contributed by atoms with Gasteiger partial charge in [0.1, 0.15) is 6.04 Å². The first-order chi connectivity index (χ1) is 18.2. The van der Waals surface area contributed by atoms with E-state index in [0.717, 1.165) is 22.4 Å². The summed E-state index contributed by atoms with van der Waals surface area (Å²) in [4.78, 5) is 44.5.